The summed E-state index contributed by atoms with van der Waals surface area (Å²) in [5, 5.41) is 7.24. The van der Waals surface area contributed by atoms with Crippen LogP contribution >= 0.6 is 0 Å². The number of carbonyl (C=O) groups excluding carboxylic acids is 1. The number of amides is 1. The largest absolute Gasteiger partial charge is 0.369 e. The third-order valence-electron chi connectivity index (χ3n) is 6.35. The minimum absolute atomic E-state index is 0.0388. The number of aromatic amines is 1. The zero-order valence-electron chi connectivity index (χ0n) is 19.3. The number of anilines is 4. The van der Waals surface area contributed by atoms with Gasteiger partial charge in [-0.1, -0.05) is 12.1 Å². The number of pyridine rings is 1. The predicted octanol–water partition coefficient (Wildman–Crippen LogP) is 3.61. The molecule has 1 aliphatic rings. The summed E-state index contributed by atoms with van der Waals surface area (Å²) < 4.78 is 2.01. The maximum absolute atomic E-state index is 13.2. The summed E-state index contributed by atoms with van der Waals surface area (Å²) in [7, 11) is 4.09. The van der Waals surface area contributed by atoms with Gasteiger partial charge in [0.25, 0.3) is 11.5 Å². The number of carbonyl (C=O) groups is 1. The van der Waals surface area contributed by atoms with Crippen LogP contribution in [0.25, 0.3) is 10.9 Å². The Morgan fingerprint density at radius 3 is 2.44 bits per heavy atom. The highest BCUT2D eigenvalue weighted by Crippen LogP contribution is 2.28. The minimum atomic E-state index is -0.462. The van der Waals surface area contributed by atoms with E-state index in [0.29, 0.717) is 11.4 Å². The quantitative estimate of drug-likeness (QED) is 0.427. The standard InChI is InChI=1S/C26H28N6O2/c1-30-14-16-32(17-15-30)20-8-6-19(7-9-20)28-26(34)23-21(10-12-27-25(23)33)29-22-5-3-4-18-11-13-31(2)24(18)22/h3-13H,14-17H2,1-2H3,(H,28,34)(H2,27,29,33). The summed E-state index contributed by atoms with van der Waals surface area (Å²) in [6, 6.07) is 17.4. The lowest BCUT2D eigenvalue weighted by atomic mass is 10.1. The molecule has 2 aromatic heterocycles. The molecule has 5 rings (SSSR count). The average molecular weight is 457 g/mol. The number of aryl methyl sites for hydroxylation is 1. The molecule has 34 heavy (non-hydrogen) atoms. The van der Waals surface area contributed by atoms with Crippen LogP contribution in [-0.2, 0) is 7.05 Å². The summed E-state index contributed by atoms with van der Waals surface area (Å²) in [5.41, 5.74) is 3.62. The van der Waals surface area contributed by atoms with Gasteiger partial charge in [-0.25, -0.2) is 0 Å². The SMILES string of the molecule is CN1CCN(c2ccc(NC(=O)c3c(Nc4cccc5ccn(C)c45)cc[nH]c3=O)cc2)CC1. The Kier molecular flexibility index (Phi) is 5.81. The van der Waals surface area contributed by atoms with Gasteiger partial charge >= 0.3 is 0 Å². The van der Waals surface area contributed by atoms with Crippen LogP contribution in [0, 0.1) is 0 Å². The first-order valence-electron chi connectivity index (χ1n) is 11.4. The van der Waals surface area contributed by atoms with Gasteiger partial charge in [-0.05, 0) is 49.5 Å². The molecular formula is C26H28N6O2. The second kappa shape index (κ2) is 9.07. The first kappa shape index (κ1) is 21.8. The molecule has 2 aromatic carbocycles. The van der Waals surface area contributed by atoms with Gasteiger partial charge < -0.3 is 30.0 Å². The van der Waals surface area contributed by atoms with Crippen molar-refractivity contribution in [3.63, 3.8) is 0 Å². The monoisotopic (exact) mass is 456 g/mol. The zero-order chi connectivity index (χ0) is 23.7. The van der Waals surface area contributed by atoms with Crippen molar-refractivity contribution >= 4 is 39.6 Å². The Bertz CT molecular complexity index is 1380. The Balaban J connectivity index is 1.37. The van der Waals surface area contributed by atoms with Crippen molar-refractivity contribution in [3.05, 3.63) is 82.9 Å². The maximum atomic E-state index is 13.2. The molecule has 0 bridgehead atoms. The Morgan fingerprint density at radius 1 is 0.912 bits per heavy atom. The third kappa shape index (κ3) is 4.27. The fourth-order valence-corrected chi connectivity index (χ4v) is 4.42. The fourth-order valence-electron chi connectivity index (χ4n) is 4.42. The van der Waals surface area contributed by atoms with E-state index >= 15 is 0 Å². The third-order valence-corrected chi connectivity index (χ3v) is 6.35. The van der Waals surface area contributed by atoms with Gasteiger partial charge in [-0.3, -0.25) is 9.59 Å². The summed E-state index contributed by atoms with van der Waals surface area (Å²) >= 11 is 0. The van der Waals surface area contributed by atoms with Gasteiger partial charge in [-0.15, -0.1) is 0 Å². The van der Waals surface area contributed by atoms with E-state index in [-0.39, 0.29) is 5.56 Å². The second-order valence-electron chi connectivity index (χ2n) is 8.68. The molecule has 1 saturated heterocycles. The van der Waals surface area contributed by atoms with Crippen LogP contribution in [0.1, 0.15) is 10.4 Å². The molecule has 0 saturated carbocycles. The first-order valence-corrected chi connectivity index (χ1v) is 11.4. The second-order valence-corrected chi connectivity index (χ2v) is 8.68. The highest BCUT2D eigenvalue weighted by molar-refractivity contribution is 6.08. The van der Waals surface area contributed by atoms with Crippen LogP contribution in [0.3, 0.4) is 0 Å². The lowest BCUT2D eigenvalue weighted by Crippen LogP contribution is -2.44. The molecule has 8 heteroatoms. The highest BCUT2D eigenvalue weighted by Gasteiger charge is 2.18. The smallest absolute Gasteiger partial charge is 0.263 e. The van der Waals surface area contributed by atoms with E-state index in [1.54, 1.807) is 6.07 Å². The number of fused-ring (bicyclic) bond motifs is 1. The number of hydrogen-bond acceptors (Lipinski definition) is 5. The summed E-state index contributed by atoms with van der Waals surface area (Å²) in [5.74, 6) is -0.462. The van der Waals surface area contributed by atoms with Gasteiger partial charge in [0, 0.05) is 62.4 Å². The molecule has 4 aromatic rings. The van der Waals surface area contributed by atoms with E-state index in [1.165, 1.54) is 6.20 Å². The van der Waals surface area contributed by atoms with Crippen molar-refractivity contribution in [3.8, 4) is 0 Å². The van der Waals surface area contributed by atoms with Crippen LogP contribution in [0.15, 0.2) is 71.8 Å². The molecule has 0 radical (unpaired) electrons. The topological polar surface area (TPSA) is 85.4 Å². The van der Waals surface area contributed by atoms with Gasteiger partial charge in [0.1, 0.15) is 5.56 Å². The number of para-hydroxylation sites is 1. The fraction of sp³-hybridized carbons (Fsp3) is 0.231. The molecule has 0 unspecified atom stereocenters. The number of nitrogens with one attached hydrogen (secondary N) is 3. The molecule has 8 nitrogen and oxygen atoms in total. The Hall–Kier alpha value is -4.04. The average Bonchev–Trinajstić information content (AvgIpc) is 3.22. The molecule has 0 spiro atoms. The van der Waals surface area contributed by atoms with Gasteiger partial charge in [0.05, 0.1) is 16.9 Å². The molecular weight excluding hydrogens is 428 g/mol. The first-order chi connectivity index (χ1) is 16.5. The molecule has 174 valence electrons. The molecule has 3 heterocycles. The van der Waals surface area contributed by atoms with E-state index in [9.17, 15) is 9.59 Å². The van der Waals surface area contributed by atoms with Crippen LogP contribution in [0.4, 0.5) is 22.7 Å². The van der Waals surface area contributed by atoms with E-state index in [4.69, 9.17) is 0 Å². The summed E-state index contributed by atoms with van der Waals surface area (Å²) in [6.45, 7) is 4.01. The Labute approximate surface area is 197 Å². The van der Waals surface area contributed by atoms with Gasteiger partial charge in [0.15, 0.2) is 0 Å². The molecule has 1 fully saturated rings. The van der Waals surface area contributed by atoms with Crippen LogP contribution in [0.2, 0.25) is 0 Å². The molecule has 3 N–H and O–H groups in total. The van der Waals surface area contributed by atoms with Crippen LogP contribution < -0.4 is 21.1 Å². The minimum Gasteiger partial charge on any atom is -0.369 e. The number of benzene rings is 2. The maximum Gasteiger partial charge on any atom is 0.263 e. The molecule has 0 aliphatic carbocycles. The lowest BCUT2D eigenvalue weighted by Gasteiger charge is -2.34. The molecule has 0 atom stereocenters. The lowest BCUT2D eigenvalue weighted by molar-refractivity contribution is 0.102. The van der Waals surface area contributed by atoms with Crippen molar-refractivity contribution in [1.82, 2.24) is 14.5 Å². The molecule has 1 amide bonds. The number of H-pyrrole nitrogens is 1. The molecule has 1 aliphatic heterocycles. The van der Waals surface area contributed by atoms with Crippen molar-refractivity contribution in [2.45, 2.75) is 0 Å². The number of rotatable bonds is 5. The number of aromatic nitrogens is 2. The van der Waals surface area contributed by atoms with Gasteiger partial charge in [0.2, 0.25) is 0 Å². The summed E-state index contributed by atoms with van der Waals surface area (Å²) in [6.07, 6.45) is 3.52. The van der Waals surface area contributed by atoms with Crippen molar-refractivity contribution < 1.29 is 4.79 Å². The normalized spacial score (nSPS) is 14.4. The highest BCUT2D eigenvalue weighted by atomic mass is 16.2. The number of hydrogen-bond donors (Lipinski definition) is 3. The number of nitrogens with zero attached hydrogens (tertiary/aromatic N) is 3. The van der Waals surface area contributed by atoms with E-state index in [2.05, 4.69) is 32.5 Å². The predicted molar refractivity (Wildman–Crippen MR) is 137 cm³/mol. The van der Waals surface area contributed by atoms with Crippen LogP contribution in [-0.4, -0.2) is 53.6 Å². The number of piperazine rings is 1. The number of likely N-dealkylation sites (N-methyl/N-ethyl adjacent to an activating group) is 1. The van der Waals surface area contributed by atoms with Crippen molar-refractivity contribution in [1.29, 1.82) is 0 Å². The summed E-state index contributed by atoms with van der Waals surface area (Å²) in [4.78, 5) is 33.1. The van der Waals surface area contributed by atoms with Crippen molar-refractivity contribution in [2.75, 3.05) is 48.8 Å². The van der Waals surface area contributed by atoms with E-state index < -0.39 is 11.5 Å². The Morgan fingerprint density at radius 2 is 1.68 bits per heavy atom. The zero-order valence-corrected chi connectivity index (χ0v) is 19.3. The van der Waals surface area contributed by atoms with Crippen LogP contribution in [0.5, 0.6) is 0 Å². The van der Waals surface area contributed by atoms with E-state index in [0.717, 1.165) is 48.5 Å². The van der Waals surface area contributed by atoms with Gasteiger partial charge in [-0.2, -0.15) is 0 Å². The van der Waals surface area contributed by atoms with Crippen molar-refractivity contribution in [2.24, 2.45) is 7.05 Å². The van der Waals surface area contributed by atoms with E-state index in [1.807, 2.05) is 66.3 Å².